The van der Waals surface area contributed by atoms with E-state index in [1.807, 2.05) is 13.8 Å². The minimum atomic E-state index is -4.44. The van der Waals surface area contributed by atoms with Crippen molar-refractivity contribution in [1.82, 2.24) is 14.8 Å². The Bertz CT molecular complexity index is 729. The van der Waals surface area contributed by atoms with Crippen LogP contribution in [0.25, 0.3) is 5.69 Å². The average molecular weight is 296 g/mol. The van der Waals surface area contributed by atoms with Crippen molar-refractivity contribution in [2.45, 2.75) is 39.4 Å². The van der Waals surface area contributed by atoms with Gasteiger partial charge in [-0.15, -0.1) is 10.2 Å². The van der Waals surface area contributed by atoms with Crippen LogP contribution in [0.1, 0.15) is 36.6 Å². The molecule has 0 saturated carbocycles. The zero-order valence-electron chi connectivity index (χ0n) is 12.1. The predicted octanol–water partition coefficient (Wildman–Crippen LogP) is 3.56. The maximum absolute atomic E-state index is 13.4. The molecule has 0 amide bonds. The van der Waals surface area contributed by atoms with E-state index in [4.69, 9.17) is 0 Å². The zero-order valence-corrected chi connectivity index (χ0v) is 12.1. The maximum Gasteiger partial charge on any atom is 0.418 e. The smallest absolute Gasteiger partial charge is 0.371 e. The Balaban J connectivity index is 2.43. The Morgan fingerprint density at radius 3 is 2.43 bits per heavy atom. The Hall–Kier alpha value is -2.05. The van der Waals surface area contributed by atoms with E-state index in [2.05, 4.69) is 15.5 Å². The van der Waals surface area contributed by atoms with E-state index in [9.17, 15) is 13.2 Å². The molecule has 0 radical (unpaired) electrons. The number of nitrogens with one attached hydrogen (secondary N) is 1. The first-order chi connectivity index (χ1) is 9.63. The molecule has 0 aliphatic carbocycles. The predicted molar refractivity (Wildman–Crippen MR) is 72.5 cm³/mol. The summed E-state index contributed by atoms with van der Waals surface area (Å²) in [5.41, 5.74) is 0.0353. The fourth-order valence-corrected chi connectivity index (χ4v) is 2.71. The van der Waals surface area contributed by atoms with Gasteiger partial charge in [-0.05, 0) is 39.3 Å². The molecule has 112 valence electrons. The SMILES string of the molecule is Cc1ccc(C(F)(F)F)c2c1NC(C)(C)c1nnc(C)n1-2. The lowest BCUT2D eigenvalue weighted by atomic mass is 9.96. The summed E-state index contributed by atoms with van der Waals surface area (Å²) in [6.07, 6.45) is -4.44. The first kappa shape index (κ1) is 13.9. The highest BCUT2D eigenvalue weighted by molar-refractivity contribution is 5.73. The van der Waals surface area contributed by atoms with Gasteiger partial charge in [0.15, 0.2) is 5.82 Å². The van der Waals surface area contributed by atoms with Gasteiger partial charge in [0, 0.05) is 0 Å². The molecular formula is C14H15F3N4. The number of rotatable bonds is 0. The van der Waals surface area contributed by atoms with Gasteiger partial charge >= 0.3 is 6.18 Å². The van der Waals surface area contributed by atoms with E-state index < -0.39 is 17.3 Å². The fourth-order valence-electron chi connectivity index (χ4n) is 2.71. The van der Waals surface area contributed by atoms with Crippen LogP contribution in [0.15, 0.2) is 12.1 Å². The van der Waals surface area contributed by atoms with E-state index in [-0.39, 0.29) is 5.69 Å². The summed E-state index contributed by atoms with van der Waals surface area (Å²) >= 11 is 0. The number of fused-ring (bicyclic) bond motifs is 3. The van der Waals surface area contributed by atoms with E-state index in [0.29, 0.717) is 17.3 Å². The number of nitrogens with zero attached hydrogens (tertiary/aromatic N) is 3. The van der Waals surface area contributed by atoms with Crippen molar-refractivity contribution in [3.05, 3.63) is 34.9 Å². The molecule has 3 rings (SSSR count). The third kappa shape index (κ3) is 1.91. The molecule has 1 aliphatic heterocycles. The largest absolute Gasteiger partial charge is 0.418 e. The Labute approximate surface area is 120 Å². The lowest BCUT2D eigenvalue weighted by Crippen LogP contribution is -2.37. The summed E-state index contributed by atoms with van der Waals surface area (Å²) in [6.45, 7) is 7.18. The van der Waals surface area contributed by atoms with E-state index in [1.165, 1.54) is 10.6 Å². The van der Waals surface area contributed by atoms with Gasteiger partial charge in [-0.2, -0.15) is 13.2 Å². The van der Waals surface area contributed by atoms with Gasteiger partial charge in [-0.25, -0.2) is 0 Å². The summed E-state index contributed by atoms with van der Waals surface area (Å²) in [4.78, 5) is 0. The van der Waals surface area contributed by atoms with Crippen LogP contribution in [-0.4, -0.2) is 14.8 Å². The summed E-state index contributed by atoms with van der Waals surface area (Å²) in [6, 6.07) is 2.59. The molecule has 0 bridgehead atoms. The second kappa shape index (κ2) is 3.99. The molecule has 1 aromatic carbocycles. The molecular weight excluding hydrogens is 281 g/mol. The number of hydrogen-bond donors (Lipinski definition) is 1. The van der Waals surface area contributed by atoms with E-state index in [1.54, 1.807) is 13.8 Å². The number of halogens is 3. The van der Waals surface area contributed by atoms with Crippen molar-refractivity contribution in [2.75, 3.05) is 5.32 Å². The van der Waals surface area contributed by atoms with E-state index in [0.717, 1.165) is 11.6 Å². The second-order valence-electron chi connectivity index (χ2n) is 5.81. The van der Waals surface area contributed by atoms with Crippen LogP contribution < -0.4 is 5.32 Å². The van der Waals surface area contributed by atoms with Crippen molar-refractivity contribution in [1.29, 1.82) is 0 Å². The summed E-state index contributed by atoms with van der Waals surface area (Å²) < 4.78 is 41.6. The van der Waals surface area contributed by atoms with Gasteiger partial charge in [0.25, 0.3) is 0 Å². The van der Waals surface area contributed by atoms with E-state index >= 15 is 0 Å². The summed E-state index contributed by atoms with van der Waals surface area (Å²) in [7, 11) is 0. The molecule has 2 heterocycles. The Morgan fingerprint density at radius 2 is 1.81 bits per heavy atom. The lowest BCUT2D eigenvalue weighted by molar-refractivity contribution is -0.137. The minimum absolute atomic E-state index is 0.0827. The molecule has 0 spiro atoms. The number of benzene rings is 1. The van der Waals surface area contributed by atoms with Gasteiger partial charge in [0.05, 0.1) is 22.5 Å². The molecule has 4 nitrogen and oxygen atoms in total. The van der Waals surface area contributed by atoms with Crippen molar-refractivity contribution in [2.24, 2.45) is 0 Å². The van der Waals surface area contributed by atoms with Crippen LogP contribution in [0.5, 0.6) is 0 Å². The highest BCUT2D eigenvalue weighted by Crippen LogP contribution is 2.44. The minimum Gasteiger partial charge on any atom is -0.371 e. The molecule has 0 atom stereocenters. The van der Waals surface area contributed by atoms with Crippen LogP contribution >= 0.6 is 0 Å². The van der Waals surface area contributed by atoms with Gasteiger partial charge < -0.3 is 5.32 Å². The molecule has 7 heteroatoms. The van der Waals surface area contributed by atoms with Crippen LogP contribution in [0.4, 0.5) is 18.9 Å². The van der Waals surface area contributed by atoms with Gasteiger partial charge in [-0.1, -0.05) is 6.07 Å². The number of alkyl halides is 3. The third-order valence-corrected chi connectivity index (χ3v) is 3.74. The van der Waals surface area contributed by atoms with Crippen LogP contribution in [0, 0.1) is 13.8 Å². The number of aromatic nitrogens is 3. The summed E-state index contributed by atoms with van der Waals surface area (Å²) in [5, 5.41) is 11.2. The maximum atomic E-state index is 13.4. The monoisotopic (exact) mass is 296 g/mol. The lowest BCUT2D eigenvalue weighted by Gasteiger charge is -2.36. The number of aryl methyl sites for hydroxylation is 2. The first-order valence-corrected chi connectivity index (χ1v) is 6.55. The highest BCUT2D eigenvalue weighted by Gasteiger charge is 2.41. The molecule has 2 aromatic rings. The highest BCUT2D eigenvalue weighted by atomic mass is 19.4. The molecule has 0 saturated heterocycles. The van der Waals surface area contributed by atoms with Gasteiger partial charge in [-0.3, -0.25) is 4.57 Å². The zero-order chi connectivity index (χ0) is 15.6. The Morgan fingerprint density at radius 1 is 1.14 bits per heavy atom. The molecule has 1 aromatic heterocycles. The molecule has 1 N–H and O–H groups in total. The average Bonchev–Trinajstić information content (AvgIpc) is 2.72. The fraction of sp³-hybridized carbons (Fsp3) is 0.429. The van der Waals surface area contributed by atoms with Crippen molar-refractivity contribution in [3.8, 4) is 5.69 Å². The van der Waals surface area contributed by atoms with Crippen LogP contribution in [0.2, 0.25) is 0 Å². The van der Waals surface area contributed by atoms with Crippen LogP contribution in [-0.2, 0) is 11.7 Å². The second-order valence-corrected chi connectivity index (χ2v) is 5.81. The third-order valence-electron chi connectivity index (χ3n) is 3.74. The topological polar surface area (TPSA) is 42.7 Å². The molecule has 0 fully saturated rings. The quantitative estimate of drug-likeness (QED) is 0.808. The number of anilines is 1. The van der Waals surface area contributed by atoms with Crippen molar-refractivity contribution in [3.63, 3.8) is 0 Å². The summed E-state index contributed by atoms with van der Waals surface area (Å²) in [5.74, 6) is 0.917. The standard InChI is InChI=1S/C14H15F3N4/c1-7-5-6-9(14(15,16)17)11-10(7)18-13(3,4)12-20-19-8(2)21(11)12/h5-6,18H,1-4H3. The number of hydrogen-bond acceptors (Lipinski definition) is 3. The first-order valence-electron chi connectivity index (χ1n) is 6.55. The Kier molecular flexibility index (Phi) is 2.64. The molecule has 21 heavy (non-hydrogen) atoms. The van der Waals surface area contributed by atoms with Crippen molar-refractivity contribution < 1.29 is 13.2 Å². The van der Waals surface area contributed by atoms with Gasteiger partial charge in [0.2, 0.25) is 0 Å². The molecule has 1 aliphatic rings. The van der Waals surface area contributed by atoms with Crippen LogP contribution in [0.3, 0.4) is 0 Å². The van der Waals surface area contributed by atoms with Gasteiger partial charge in [0.1, 0.15) is 5.82 Å². The van der Waals surface area contributed by atoms with Crippen molar-refractivity contribution >= 4 is 5.69 Å². The normalized spacial score (nSPS) is 16.1. The molecule has 0 unspecified atom stereocenters.